The second kappa shape index (κ2) is 3.74. The minimum absolute atomic E-state index is 0.198. The summed E-state index contributed by atoms with van der Waals surface area (Å²) in [6, 6.07) is 12.7. The SMILES string of the molecule is OS1(O)c2ccccc2S(O)(O)c2ccccc21. The van der Waals surface area contributed by atoms with Crippen molar-refractivity contribution >= 4 is 21.2 Å². The van der Waals surface area contributed by atoms with Crippen LogP contribution in [0.4, 0.5) is 0 Å². The van der Waals surface area contributed by atoms with E-state index in [0.717, 1.165) is 0 Å². The van der Waals surface area contributed by atoms with Crippen LogP contribution in [0.2, 0.25) is 0 Å². The summed E-state index contributed by atoms with van der Waals surface area (Å²) in [5.41, 5.74) is 0. The zero-order chi connectivity index (χ0) is 13.0. The summed E-state index contributed by atoms with van der Waals surface area (Å²) in [4.78, 5) is 0.791. The molecule has 0 aliphatic carbocycles. The average molecular weight is 284 g/mol. The summed E-state index contributed by atoms with van der Waals surface area (Å²) in [6.45, 7) is 0. The molecule has 0 radical (unpaired) electrons. The minimum atomic E-state index is -3.17. The Morgan fingerprint density at radius 3 is 0.944 bits per heavy atom. The molecule has 18 heavy (non-hydrogen) atoms. The topological polar surface area (TPSA) is 80.9 Å². The molecule has 3 rings (SSSR count). The first-order chi connectivity index (χ1) is 8.45. The number of benzene rings is 2. The molecule has 0 bridgehead atoms. The van der Waals surface area contributed by atoms with E-state index in [9.17, 15) is 18.2 Å². The van der Waals surface area contributed by atoms with Crippen molar-refractivity contribution in [2.24, 2.45) is 0 Å². The van der Waals surface area contributed by atoms with Crippen molar-refractivity contribution in [3.63, 3.8) is 0 Å². The molecule has 0 saturated heterocycles. The van der Waals surface area contributed by atoms with Crippen LogP contribution in [0.1, 0.15) is 0 Å². The second-order valence-electron chi connectivity index (χ2n) is 3.99. The normalized spacial score (nSPS) is 22.4. The van der Waals surface area contributed by atoms with Gasteiger partial charge in [0.25, 0.3) is 0 Å². The van der Waals surface area contributed by atoms with Gasteiger partial charge in [-0.15, -0.1) is 21.2 Å². The molecule has 96 valence electrons. The van der Waals surface area contributed by atoms with Crippen molar-refractivity contribution < 1.29 is 18.2 Å². The molecule has 6 heteroatoms. The summed E-state index contributed by atoms with van der Waals surface area (Å²) >= 11 is 0. The van der Waals surface area contributed by atoms with Crippen LogP contribution in [0.25, 0.3) is 0 Å². The molecule has 0 spiro atoms. The Balaban J connectivity index is 2.41. The van der Waals surface area contributed by atoms with Gasteiger partial charge in [-0.2, -0.15) is 0 Å². The fourth-order valence-electron chi connectivity index (χ4n) is 2.08. The Morgan fingerprint density at radius 2 is 0.722 bits per heavy atom. The van der Waals surface area contributed by atoms with Crippen LogP contribution in [0.5, 0.6) is 0 Å². The fourth-order valence-corrected chi connectivity index (χ4v) is 6.41. The second-order valence-corrected chi connectivity index (χ2v) is 7.95. The molecule has 4 N–H and O–H groups in total. The van der Waals surface area contributed by atoms with Gasteiger partial charge in [0.05, 0.1) is 19.6 Å². The van der Waals surface area contributed by atoms with Gasteiger partial charge in [-0.05, 0) is 24.3 Å². The lowest BCUT2D eigenvalue weighted by Crippen LogP contribution is -2.15. The lowest BCUT2D eigenvalue weighted by atomic mass is 10.3. The lowest BCUT2D eigenvalue weighted by Gasteiger charge is -2.47. The van der Waals surface area contributed by atoms with Gasteiger partial charge in [0.1, 0.15) is 0 Å². The third kappa shape index (κ3) is 1.45. The molecule has 0 aromatic heterocycles. The first-order valence-electron chi connectivity index (χ1n) is 5.20. The van der Waals surface area contributed by atoms with E-state index >= 15 is 0 Å². The molecule has 1 aliphatic rings. The van der Waals surface area contributed by atoms with Crippen LogP contribution in [0.3, 0.4) is 0 Å². The maximum atomic E-state index is 10.3. The molecule has 2 aromatic carbocycles. The molecule has 0 amide bonds. The zero-order valence-electron chi connectivity index (χ0n) is 9.22. The van der Waals surface area contributed by atoms with Gasteiger partial charge < -0.3 is 0 Å². The lowest BCUT2D eigenvalue weighted by molar-refractivity contribution is 0.453. The smallest absolute Gasteiger partial charge is 0.0871 e. The highest BCUT2D eigenvalue weighted by Crippen LogP contribution is 2.73. The molecule has 1 heterocycles. The maximum Gasteiger partial charge on any atom is 0.0871 e. The highest BCUT2D eigenvalue weighted by atomic mass is 32.3. The highest BCUT2D eigenvalue weighted by molar-refractivity contribution is 8.29. The van der Waals surface area contributed by atoms with Gasteiger partial charge >= 0.3 is 0 Å². The molecular weight excluding hydrogens is 272 g/mol. The van der Waals surface area contributed by atoms with Crippen LogP contribution < -0.4 is 0 Å². The van der Waals surface area contributed by atoms with Crippen molar-refractivity contribution in [3.8, 4) is 0 Å². The van der Waals surface area contributed by atoms with Crippen molar-refractivity contribution in [2.45, 2.75) is 19.6 Å². The van der Waals surface area contributed by atoms with E-state index in [-0.39, 0.29) is 19.6 Å². The van der Waals surface area contributed by atoms with Crippen LogP contribution in [-0.4, -0.2) is 18.2 Å². The van der Waals surface area contributed by atoms with Gasteiger partial charge in [0.15, 0.2) is 0 Å². The Hall–Kier alpha value is -1.02. The largest absolute Gasteiger partial charge is 0.290 e. The predicted octanol–water partition coefficient (Wildman–Crippen LogP) is 4.34. The molecule has 0 atom stereocenters. The van der Waals surface area contributed by atoms with E-state index in [1.165, 1.54) is 24.3 Å². The van der Waals surface area contributed by atoms with Gasteiger partial charge in [-0.1, -0.05) is 24.3 Å². The monoisotopic (exact) mass is 284 g/mol. The summed E-state index contributed by atoms with van der Waals surface area (Å²) < 4.78 is 41.4. The predicted molar refractivity (Wildman–Crippen MR) is 71.6 cm³/mol. The Bertz CT molecular complexity index is 519. The van der Waals surface area contributed by atoms with Crippen LogP contribution in [0.15, 0.2) is 68.1 Å². The number of rotatable bonds is 0. The summed E-state index contributed by atoms with van der Waals surface area (Å²) in [6.07, 6.45) is 0. The molecule has 4 nitrogen and oxygen atoms in total. The van der Waals surface area contributed by atoms with Crippen molar-refractivity contribution in [1.29, 1.82) is 0 Å². The van der Waals surface area contributed by atoms with E-state index in [0.29, 0.717) is 0 Å². The summed E-state index contributed by atoms with van der Waals surface area (Å²) in [5.74, 6) is 0. The first-order valence-corrected chi connectivity index (χ1v) is 8.30. The molecule has 1 aliphatic heterocycles. The molecule has 2 aromatic rings. The van der Waals surface area contributed by atoms with Crippen molar-refractivity contribution in [3.05, 3.63) is 48.5 Å². The van der Waals surface area contributed by atoms with Gasteiger partial charge in [0, 0.05) is 0 Å². The first kappa shape index (κ1) is 12.0. The van der Waals surface area contributed by atoms with Crippen LogP contribution >= 0.6 is 21.2 Å². The number of hydrogen-bond acceptors (Lipinski definition) is 4. The van der Waals surface area contributed by atoms with Gasteiger partial charge in [-0.3, -0.25) is 18.2 Å². The zero-order valence-corrected chi connectivity index (χ0v) is 10.9. The molecular formula is C12H12O4S2. The highest BCUT2D eigenvalue weighted by Gasteiger charge is 2.38. The minimum Gasteiger partial charge on any atom is -0.290 e. The van der Waals surface area contributed by atoms with Crippen molar-refractivity contribution in [2.75, 3.05) is 0 Å². The molecule has 0 unspecified atom stereocenters. The average Bonchev–Trinajstić information content (AvgIpc) is 2.37. The Morgan fingerprint density at radius 1 is 0.500 bits per heavy atom. The summed E-state index contributed by atoms with van der Waals surface area (Å²) in [5, 5.41) is 0. The molecule has 0 saturated carbocycles. The Kier molecular flexibility index (Phi) is 2.50. The third-order valence-corrected chi connectivity index (χ3v) is 7.06. The van der Waals surface area contributed by atoms with E-state index in [1.807, 2.05) is 0 Å². The van der Waals surface area contributed by atoms with E-state index < -0.39 is 21.2 Å². The third-order valence-electron chi connectivity index (χ3n) is 2.92. The van der Waals surface area contributed by atoms with E-state index in [4.69, 9.17) is 0 Å². The fraction of sp³-hybridized carbons (Fsp3) is 0. The van der Waals surface area contributed by atoms with E-state index in [1.54, 1.807) is 24.3 Å². The molecule has 0 fully saturated rings. The Labute approximate surface area is 108 Å². The van der Waals surface area contributed by atoms with Gasteiger partial charge in [-0.25, -0.2) is 0 Å². The van der Waals surface area contributed by atoms with Crippen molar-refractivity contribution in [1.82, 2.24) is 0 Å². The maximum absolute atomic E-state index is 10.3. The van der Waals surface area contributed by atoms with Gasteiger partial charge in [0.2, 0.25) is 0 Å². The number of fused-ring (bicyclic) bond motifs is 2. The standard InChI is InChI=1S/C12H12O4S2/c13-17(14)9-5-1-2-6-10(9)18(15,16)12-8-4-3-7-11(12)17/h1-8,13-16H. The van der Waals surface area contributed by atoms with Crippen LogP contribution in [-0.2, 0) is 0 Å². The van der Waals surface area contributed by atoms with E-state index in [2.05, 4.69) is 0 Å². The number of hydrogen-bond donors (Lipinski definition) is 4. The quantitative estimate of drug-likeness (QED) is 0.580. The summed E-state index contributed by atoms with van der Waals surface area (Å²) in [7, 11) is -6.34. The van der Waals surface area contributed by atoms with Crippen LogP contribution in [0, 0.1) is 0 Å².